The molecule has 2 N–H and O–H groups in total. The predicted octanol–water partition coefficient (Wildman–Crippen LogP) is 5.01. The molecule has 0 bridgehead atoms. The van der Waals surface area contributed by atoms with E-state index in [1.807, 2.05) is 0 Å². The van der Waals surface area contributed by atoms with Crippen LogP contribution in [0.25, 0.3) is 0 Å². The van der Waals surface area contributed by atoms with Gasteiger partial charge in [-0.2, -0.15) is 0 Å². The molecule has 2 aliphatic heterocycles. The minimum absolute atomic E-state index is 0.116. The Morgan fingerprint density at radius 2 is 1.23 bits per heavy atom. The second-order valence-corrected chi connectivity index (χ2v) is 5.66. The first-order valence-electron chi connectivity index (χ1n) is 7.51. The van der Waals surface area contributed by atoms with Crippen LogP contribution in [0.1, 0.15) is 11.7 Å². The third-order valence-electron chi connectivity index (χ3n) is 4.40. The average Bonchev–Trinajstić information content (AvgIpc) is 2.89. The number of benzene rings is 3. The molecule has 3 nitrogen and oxygen atoms in total. The lowest BCUT2D eigenvalue weighted by atomic mass is 10.1. The first kappa shape index (κ1) is 11.7. The Kier molecular flexibility index (Phi) is 2.27. The van der Waals surface area contributed by atoms with Crippen molar-refractivity contribution < 1.29 is 0 Å². The molecule has 5 rings (SSSR count). The number of rotatable bonds is 0. The summed E-state index contributed by atoms with van der Waals surface area (Å²) < 4.78 is 0. The zero-order valence-electron chi connectivity index (χ0n) is 12.0. The molecule has 2 aliphatic rings. The fourth-order valence-electron chi connectivity index (χ4n) is 3.43. The van der Waals surface area contributed by atoms with Gasteiger partial charge in [0.25, 0.3) is 0 Å². The maximum Gasteiger partial charge on any atom is 0.132 e. The second kappa shape index (κ2) is 4.28. The molecule has 2 heterocycles. The molecule has 1 atom stereocenters. The summed E-state index contributed by atoms with van der Waals surface area (Å²) in [5.74, 6) is 0. The van der Waals surface area contributed by atoms with Gasteiger partial charge in [0.2, 0.25) is 0 Å². The molecule has 0 saturated carbocycles. The van der Waals surface area contributed by atoms with E-state index in [1.165, 1.54) is 22.6 Å². The van der Waals surface area contributed by atoms with E-state index in [1.54, 1.807) is 0 Å². The van der Waals surface area contributed by atoms with Gasteiger partial charge in [-0.3, -0.25) is 0 Å². The Morgan fingerprint density at radius 3 is 2.05 bits per heavy atom. The number of anilines is 5. The van der Waals surface area contributed by atoms with Crippen molar-refractivity contribution in [3.05, 3.63) is 78.4 Å². The molecule has 3 aromatic carbocycles. The summed E-state index contributed by atoms with van der Waals surface area (Å²) in [7, 11) is 0. The van der Waals surface area contributed by atoms with Crippen LogP contribution >= 0.6 is 0 Å². The summed E-state index contributed by atoms with van der Waals surface area (Å²) in [6, 6.07) is 25.5. The van der Waals surface area contributed by atoms with Crippen LogP contribution in [0.3, 0.4) is 0 Å². The average molecular weight is 285 g/mol. The Morgan fingerprint density at radius 1 is 0.636 bits per heavy atom. The lowest BCUT2D eigenvalue weighted by Crippen LogP contribution is -2.22. The number of nitrogens with zero attached hydrogens (tertiary/aromatic N) is 1. The molecule has 3 aromatic rings. The van der Waals surface area contributed by atoms with Crippen molar-refractivity contribution in [3.8, 4) is 0 Å². The molecular weight excluding hydrogens is 270 g/mol. The van der Waals surface area contributed by atoms with Gasteiger partial charge in [0.1, 0.15) is 6.17 Å². The van der Waals surface area contributed by atoms with Crippen LogP contribution in [0.2, 0.25) is 0 Å². The first-order valence-corrected chi connectivity index (χ1v) is 7.51. The second-order valence-electron chi connectivity index (χ2n) is 5.66. The van der Waals surface area contributed by atoms with Gasteiger partial charge in [-0.25, -0.2) is 0 Å². The molecule has 3 heteroatoms. The van der Waals surface area contributed by atoms with Crippen LogP contribution < -0.4 is 15.5 Å². The van der Waals surface area contributed by atoms with Crippen molar-refractivity contribution >= 4 is 28.4 Å². The maximum absolute atomic E-state index is 3.66. The highest BCUT2D eigenvalue weighted by atomic mass is 15.3. The van der Waals surface area contributed by atoms with Crippen molar-refractivity contribution in [2.45, 2.75) is 6.17 Å². The normalized spacial score (nSPS) is 17.3. The van der Waals surface area contributed by atoms with E-state index >= 15 is 0 Å². The zero-order valence-corrected chi connectivity index (χ0v) is 12.0. The largest absolute Gasteiger partial charge is 0.359 e. The molecule has 0 amide bonds. The Bertz CT molecular complexity index is 872. The van der Waals surface area contributed by atoms with Gasteiger partial charge in [-0.15, -0.1) is 0 Å². The third kappa shape index (κ3) is 1.51. The van der Waals surface area contributed by atoms with E-state index in [4.69, 9.17) is 0 Å². The molecule has 0 aromatic heterocycles. The van der Waals surface area contributed by atoms with Crippen LogP contribution in [0.15, 0.2) is 72.8 Å². The fraction of sp³-hybridized carbons (Fsp3) is 0.0526. The Hall–Kier alpha value is -2.94. The molecule has 0 fully saturated rings. The van der Waals surface area contributed by atoms with Crippen molar-refractivity contribution in [3.63, 3.8) is 0 Å². The lowest BCUT2D eigenvalue weighted by Gasteiger charge is -2.26. The van der Waals surface area contributed by atoms with Crippen LogP contribution in [-0.2, 0) is 0 Å². The SMILES string of the molecule is c1ccc2c(c1)Nc1ccccc1N1c3ccccc3NC21. The van der Waals surface area contributed by atoms with Gasteiger partial charge in [-0.1, -0.05) is 42.5 Å². The zero-order chi connectivity index (χ0) is 14.5. The van der Waals surface area contributed by atoms with Crippen molar-refractivity contribution in [1.29, 1.82) is 0 Å². The predicted molar refractivity (Wildman–Crippen MR) is 91.1 cm³/mol. The van der Waals surface area contributed by atoms with Gasteiger partial charge in [-0.05, 0) is 30.3 Å². The minimum atomic E-state index is 0.116. The maximum atomic E-state index is 3.66. The Labute approximate surface area is 129 Å². The molecule has 0 spiro atoms. The number of nitrogens with one attached hydrogen (secondary N) is 2. The standard InChI is InChI=1S/C19H15N3/c1-2-8-14-13(7-1)19-21-16-10-4-6-12-18(16)22(19)17-11-5-3-9-15(17)20-14/h1-12,19-21H. The van der Waals surface area contributed by atoms with Gasteiger partial charge in [0.15, 0.2) is 0 Å². The van der Waals surface area contributed by atoms with E-state index < -0.39 is 0 Å². The molecule has 0 saturated heterocycles. The molecule has 0 radical (unpaired) electrons. The number of hydrogen-bond donors (Lipinski definition) is 2. The summed E-state index contributed by atoms with van der Waals surface area (Å²) in [6.45, 7) is 0. The van der Waals surface area contributed by atoms with Crippen LogP contribution in [0, 0.1) is 0 Å². The van der Waals surface area contributed by atoms with Gasteiger partial charge >= 0.3 is 0 Å². The van der Waals surface area contributed by atoms with Gasteiger partial charge < -0.3 is 15.5 Å². The highest BCUT2D eigenvalue weighted by Gasteiger charge is 2.35. The van der Waals surface area contributed by atoms with E-state index in [9.17, 15) is 0 Å². The quantitative estimate of drug-likeness (QED) is 0.608. The number of fused-ring (bicyclic) bond motifs is 7. The third-order valence-corrected chi connectivity index (χ3v) is 4.40. The van der Waals surface area contributed by atoms with Crippen molar-refractivity contribution in [1.82, 2.24) is 0 Å². The fourth-order valence-corrected chi connectivity index (χ4v) is 3.43. The molecular formula is C19H15N3. The number of para-hydroxylation sites is 5. The van der Waals surface area contributed by atoms with Gasteiger partial charge in [0, 0.05) is 11.3 Å². The summed E-state index contributed by atoms with van der Waals surface area (Å²) in [5, 5.41) is 7.24. The van der Waals surface area contributed by atoms with Crippen molar-refractivity contribution in [2.24, 2.45) is 0 Å². The van der Waals surface area contributed by atoms with E-state index in [0.29, 0.717) is 0 Å². The van der Waals surface area contributed by atoms with Gasteiger partial charge in [0.05, 0.1) is 22.7 Å². The lowest BCUT2D eigenvalue weighted by molar-refractivity contribution is 0.837. The first-order chi connectivity index (χ1) is 10.9. The molecule has 1 unspecified atom stereocenters. The van der Waals surface area contributed by atoms with E-state index in [2.05, 4.69) is 88.3 Å². The van der Waals surface area contributed by atoms with Crippen molar-refractivity contribution in [2.75, 3.05) is 15.5 Å². The summed E-state index contributed by atoms with van der Waals surface area (Å²) in [6.07, 6.45) is 0.116. The molecule has 106 valence electrons. The monoisotopic (exact) mass is 285 g/mol. The highest BCUT2D eigenvalue weighted by Crippen LogP contribution is 2.51. The number of hydrogen-bond acceptors (Lipinski definition) is 3. The topological polar surface area (TPSA) is 27.3 Å². The molecule has 0 aliphatic carbocycles. The summed E-state index contributed by atoms with van der Waals surface area (Å²) in [5.41, 5.74) is 7.15. The van der Waals surface area contributed by atoms with Crippen LogP contribution in [-0.4, -0.2) is 0 Å². The summed E-state index contributed by atoms with van der Waals surface area (Å²) >= 11 is 0. The Balaban J connectivity index is 1.82. The van der Waals surface area contributed by atoms with Crippen LogP contribution in [0.5, 0.6) is 0 Å². The smallest absolute Gasteiger partial charge is 0.132 e. The van der Waals surface area contributed by atoms with E-state index in [0.717, 1.165) is 11.4 Å². The molecule has 22 heavy (non-hydrogen) atoms. The highest BCUT2D eigenvalue weighted by molar-refractivity contribution is 5.91. The van der Waals surface area contributed by atoms with E-state index in [-0.39, 0.29) is 6.17 Å². The summed E-state index contributed by atoms with van der Waals surface area (Å²) in [4.78, 5) is 2.38. The minimum Gasteiger partial charge on any atom is -0.359 e. The van der Waals surface area contributed by atoms with Crippen LogP contribution in [0.4, 0.5) is 28.4 Å².